The Labute approximate surface area is 75.7 Å². The molecule has 74 valence electrons. The van der Waals surface area contributed by atoms with Crippen molar-refractivity contribution in [3.8, 4) is 0 Å². The highest BCUT2D eigenvalue weighted by atomic mass is 16.3. The fraction of sp³-hybridized carbons (Fsp3) is 0.714. The molecular formula is C7H13N3O3. The number of hydrogen-bond donors (Lipinski definition) is 4. The highest BCUT2D eigenvalue weighted by molar-refractivity contribution is 5.81. The second kappa shape index (κ2) is 4.66. The van der Waals surface area contributed by atoms with E-state index < -0.39 is 0 Å². The lowest BCUT2D eigenvalue weighted by Crippen LogP contribution is -2.43. The first-order chi connectivity index (χ1) is 6.22. The van der Waals surface area contributed by atoms with E-state index in [2.05, 4.69) is 16.0 Å². The second-order valence-electron chi connectivity index (χ2n) is 2.83. The summed E-state index contributed by atoms with van der Waals surface area (Å²) in [5.74, 6) is -0.0486. The minimum atomic E-state index is -0.351. The zero-order valence-electron chi connectivity index (χ0n) is 7.17. The third-order valence-corrected chi connectivity index (χ3v) is 1.71. The molecule has 1 aliphatic heterocycles. The summed E-state index contributed by atoms with van der Waals surface area (Å²) in [7, 11) is 0. The monoisotopic (exact) mass is 187 g/mol. The van der Waals surface area contributed by atoms with Gasteiger partial charge in [0.25, 0.3) is 0 Å². The van der Waals surface area contributed by atoms with Gasteiger partial charge in [0.1, 0.15) is 0 Å². The molecule has 6 heteroatoms. The van der Waals surface area contributed by atoms with Crippen molar-refractivity contribution >= 4 is 11.9 Å². The summed E-state index contributed by atoms with van der Waals surface area (Å²) >= 11 is 0. The molecule has 1 heterocycles. The number of nitrogens with one attached hydrogen (secondary N) is 3. The van der Waals surface area contributed by atoms with Gasteiger partial charge >= 0.3 is 6.03 Å². The van der Waals surface area contributed by atoms with Gasteiger partial charge in [0.2, 0.25) is 5.91 Å². The van der Waals surface area contributed by atoms with Crippen molar-refractivity contribution in [1.82, 2.24) is 16.0 Å². The Morgan fingerprint density at radius 2 is 2.46 bits per heavy atom. The highest BCUT2D eigenvalue weighted by Crippen LogP contribution is 1.97. The van der Waals surface area contributed by atoms with Gasteiger partial charge in [0.05, 0.1) is 12.6 Å². The highest BCUT2D eigenvalue weighted by Gasteiger charge is 2.22. The lowest BCUT2D eigenvalue weighted by Gasteiger charge is -2.10. The third kappa shape index (κ3) is 3.29. The largest absolute Gasteiger partial charge is 0.395 e. The number of rotatable bonds is 3. The summed E-state index contributed by atoms with van der Waals surface area (Å²) in [5.41, 5.74) is 0. The van der Waals surface area contributed by atoms with Crippen LogP contribution < -0.4 is 16.0 Å². The standard InChI is InChI=1S/C7H13N3O3/c11-2-1-8-7(13)10-5-3-6(12)9-4-5/h5,11H,1-4H2,(H,9,12)(H2,8,10,13). The average Bonchev–Trinajstić information content (AvgIpc) is 2.48. The van der Waals surface area contributed by atoms with Crippen LogP contribution in [0.5, 0.6) is 0 Å². The van der Waals surface area contributed by atoms with Crippen molar-refractivity contribution in [2.45, 2.75) is 12.5 Å². The minimum absolute atomic E-state index is 0.0486. The van der Waals surface area contributed by atoms with Crippen LogP contribution >= 0.6 is 0 Å². The molecule has 0 saturated carbocycles. The van der Waals surface area contributed by atoms with E-state index in [-0.39, 0.29) is 31.1 Å². The predicted octanol–water partition coefficient (Wildman–Crippen LogP) is -1.83. The van der Waals surface area contributed by atoms with Gasteiger partial charge in [-0.3, -0.25) is 4.79 Å². The maximum absolute atomic E-state index is 11.0. The van der Waals surface area contributed by atoms with Crippen LogP contribution in [0.25, 0.3) is 0 Å². The SMILES string of the molecule is O=C1CC(NC(=O)NCCO)CN1. The van der Waals surface area contributed by atoms with E-state index in [0.29, 0.717) is 13.0 Å². The summed E-state index contributed by atoms with van der Waals surface area (Å²) in [6, 6.07) is -0.484. The van der Waals surface area contributed by atoms with Gasteiger partial charge in [-0.25, -0.2) is 4.79 Å². The Morgan fingerprint density at radius 1 is 1.69 bits per heavy atom. The summed E-state index contributed by atoms with van der Waals surface area (Å²) < 4.78 is 0. The second-order valence-corrected chi connectivity index (χ2v) is 2.83. The zero-order chi connectivity index (χ0) is 9.68. The Kier molecular flexibility index (Phi) is 3.51. The number of carbonyl (C=O) groups is 2. The molecule has 0 aromatic carbocycles. The van der Waals surface area contributed by atoms with Crippen LogP contribution in [-0.4, -0.2) is 42.8 Å². The maximum atomic E-state index is 11.0. The summed E-state index contributed by atoms with van der Waals surface area (Å²) in [6.07, 6.45) is 0.326. The fourth-order valence-electron chi connectivity index (χ4n) is 1.11. The zero-order valence-corrected chi connectivity index (χ0v) is 7.17. The molecule has 4 N–H and O–H groups in total. The van der Waals surface area contributed by atoms with Crippen LogP contribution in [0.15, 0.2) is 0 Å². The average molecular weight is 187 g/mol. The normalized spacial score (nSPS) is 21.0. The van der Waals surface area contributed by atoms with Crippen LogP contribution in [0, 0.1) is 0 Å². The minimum Gasteiger partial charge on any atom is -0.395 e. The molecule has 13 heavy (non-hydrogen) atoms. The van der Waals surface area contributed by atoms with E-state index >= 15 is 0 Å². The first-order valence-corrected chi connectivity index (χ1v) is 4.14. The number of aliphatic hydroxyl groups excluding tert-OH is 1. The van der Waals surface area contributed by atoms with Crippen LogP contribution in [0.3, 0.4) is 0 Å². The van der Waals surface area contributed by atoms with Gasteiger partial charge in [-0.1, -0.05) is 0 Å². The van der Waals surface area contributed by atoms with Crippen LogP contribution in [-0.2, 0) is 4.79 Å². The number of urea groups is 1. The van der Waals surface area contributed by atoms with Crippen molar-refractivity contribution < 1.29 is 14.7 Å². The van der Waals surface area contributed by atoms with Gasteiger partial charge in [-0.2, -0.15) is 0 Å². The van der Waals surface area contributed by atoms with E-state index in [4.69, 9.17) is 5.11 Å². The molecule has 1 unspecified atom stereocenters. The van der Waals surface area contributed by atoms with E-state index in [0.717, 1.165) is 0 Å². The van der Waals surface area contributed by atoms with Gasteiger partial charge < -0.3 is 21.1 Å². The molecule has 0 bridgehead atoms. The molecule has 0 spiro atoms. The summed E-state index contributed by atoms with van der Waals surface area (Å²) in [5, 5.41) is 16.0. The predicted molar refractivity (Wildman–Crippen MR) is 45.0 cm³/mol. The van der Waals surface area contributed by atoms with Crippen LogP contribution in [0.2, 0.25) is 0 Å². The smallest absolute Gasteiger partial charge is 0.315 e. The maximum Gasteiger partial charge on any atom is 0.315 e. The Morgan fingerprint density at radius 3 is 3.00 bits per heavy atom. The molecule has 1 rings (SSSR count). The number of hydrogen-bond acceptors (Lipinski definition) is 3. The molecule has 0 aromatic rings. The van der Waals surface area contributed by atoms with Crippen molar-refractivity contribution in [3.63, 3.8) is 0 Å². The van der Waals surface area contributed by atoms with Crippen molar-refractivity contribution in [2.75, 3.05) is 19.7 Å². The lowest BCUT2D eigenvalue weighted by molar-refractivity contribution is -0.119. The number of carbonyl (C=O) groups excluding carboxylic acids is 2. The Bertz CT molecular complexity index is 207. The third-order valence-electron chi connectivity index (χ3n) is 1.71. The lowest BCUT2D eigenvalue weighted by atomic mass is 10.3. The topological polar surface area (TPSA) is 90.5 Å². The van der Waals surface area contributed by atoms with E-state index in [1.54, 1.807) is 0 Å². The molecule has 1 atom stereocenters. The van der Waals surface area contributed by atoms with Gasteiger partial charge in [0, 0.05) is 19.5 Å². The summed E-state index contributed by atoms with van der Waals surface area (Å²) in [6.45, 7) is 0.612. The first-order valence-electron chi connectivity index (χ1n) is 4.14. The van der Waals surface area contributed by atoms with E-state index in [1.165, 1.54) is 0 Å². The Balaban J connectivity index is 2.17. The van der Waals surface area contributed by atoms with Crippen molar-refractivity contribution in [3.05, 3.63) is 0 Å². The van der Waals surface area contributed by atoms with Gasteiger partial charge in [0.15, 0.2) is 0 Å². The molecule has 1 aliphatic rings. The quantitative estimate of drug-likeness (QED) is 0.419. The molecule has 0 aromatic heterocycles. The van der Waals surface area contributed by atoms with E-state index in [9.17, 15) is 9.59 Å². The molecule has 1 saturated heterocycles. The van der Waals surface area contributed by atoms with Crippen LogP contribution in [0.4, 0.5) is 4.79 Å². The molecule has 6 nitrogen and oxygen atoms in total. The number of aliphatic hydroxyl groups is 1. The van der Waals surface area contributed by atoms with Gasteiger partial charge in [-0.05, 0) is 0 Å². The van der Waals surface area contributed by atoms with Gasteiger partial charge in [-0.15, -0.1) is 0 Å². The number of amides is 3. The first kappa shape index (κ1) is 9.79. The van der Waals surface area contributed by atoms with Crippen molar-refractivity contribution in [1.29, 1.82) is 0 Å². The van der Waals surface area contributed by atoms with Crippen molar-refractivity contribution in [2.24, 2.45) is 0 Å². The molecular weight excluding hydrogens is 174 g/mol. The fourth-order valence-corrected chi connectivity index (χ4v) is 1.11. The molecule has 0 aliphatic carbocycles. The van der Waals surface area contributed by atoms with E-state index in [1.807, 2.05) is 0 Å². The molecule has 3 amide bonds. The summed E-state index contributed by atoms with van der Waals surface area (Å²) in [4.78, 5) is 21.7. The molecule has 0 radical (unpaired) electrons. The Hall–Kier alpha value is -1.30. The van der Waals surface area contributed by atoms with Crippen LogP contribution in [0.1, 0.15) is 6.42 Å². The molecule has 1 fully saturated rings.